The summed E-state index contributed by atoms with van der Waals surface area (Å²) in [6.07, 6.45) is 1.50. The van der Waals surface area contributed by atoms with Crippen molar-refractivity contribution in [2.24, 2.45) is 0 Å². The summed E-state index contributed by atoms with van der Waals surface area (Å²) in [4.78, 5) is 10.2. The van der Waals surface area contributed by atoms with Crippen molar-refractivity contribution in [3.05, 3.63) is 34.1 Å². The Bertz CT molecular complexity index is 452. The van der Waals surface area contributed by atoms with E-state index >= 15 is 0 Å². The smallest absolute Gasteiger partial charge is 0.258 e. The normalized spacial score (nSPS) is 16.8. The van der Waals surface area contributed by atoms with Crippen LogP contribution in [-0.2, 0) is 0 Å². The Labute approximate surface area is 101 Å². The van der Waals surface area contributed by atoms with E-state index < -0.39 is 28.6 Å². The first-order chi connectivity index (χ1) is 8.06. The van der Waals surface area contributed by atoms with Crippen molar-refractivity contribution in [1.82, 2.24) is 4.72 Å². The number of rotatable bonds is 5. The molecule has 0 aliphatic heterocycles. The lowest BCUT2D eigenvalue weighted by Gasteiger charge is -2.11. The van der Waals surface area contributed by atoms with Crippen LogP contribution in [0.5, 0.6) is 0 Å². The zero-order chi connectivity index (χ0) is 12.5. The molecule has 0 saturated heterocycles. The second kappa shape index (κ2) is 4.58. The molecule has 1 fully saturated rings. The highest BCUT2D eigenvalue weighted by Crippen LogP contribution is 2.39. The number of benzene rings is 1. The highest BCUT2D eigenvalue weighted by molar-refractivity contribution is 7.97. The van der Waals surface area contributed by atoms with Gasteiger partial charge in [0.05, 0.1) is 10.5 Å². The molecule has 0 spiro atoms. The number of halogens is 2. The van der Waals surface area contributed by atoms with E-state index in [0.717, 1.165) is 36.9 Å². The standard InChI is InChI=1S/C10H10F2N2O2S/c11-6-10(3-4-10)13-17-7-1-2-8(12)9(5-7)14(15)16/h1-2,5,13H,3-4,6H2. The van der Waals surface area contributed by atoms with Gasteiger partial charge in [-0.25, -0.2) is 4.39 Å². The summed E-state index contributed by atoms with van der Waals surface area (Å²) in [5, 5.41) is 10.5. The van der Waals surface area contributed by atoms with Gasteiger partial charge in [-0.05, 0) is 36.9 Å². The van der Waals surface area contributed by atoms with Gasteiger partial charge < -0.3 is 0 Å². The van der Waals surface area contributed by atoms with Crippen LogP contribution in [0.3, 0.4) is 0 Å². The summed E-state index contributed by atoms with van der Waals surface area (Å²) in [5.74, 6) is -0.869. The fourth-order valence-corrected chi connectivity index (χ4v) is 2.18. The molecule has 1 aliphatic rings. The Kier molecular flexibility index (Phi) is 3.30. The fraction of sp³-hybridized carbons (Fsp3) is 0.400. The van der Waals surface area contributed by atoms with Crippen molar-refractivity contribution in [2.75, 3.05) is 6.67 Å². The molecular weight excluding hydrogens is 250 g/mol. The Morgan fingerprint density at radius 3 is 2.76 bits per heavy atom. The van der Waals surface area contributed by atoms with Gasteiger partial charge in [0.15, 0.2) is 0 Å². The highest BCUT2D eigenvalue weighted by atomic mass is 32.2. The molecule has 17 heavy (non-hydrogen) atoms. The summed E-state index contributed by atoms with van der Waals surface area (Å²) in [6, 6.07) is 3.60. The zero-order valence-corrected chi connectivity index (χ0v) is 9.60. The number of nitrogens with zero attached hydrogens (tertiary/aromatic N) is 1. The summed E-state index contributed by atoms with van der Waals surface area (Å²) in [6.45, 7) is -0.469. The van der Waals surface area contributed by atoms with E-state index in [9.17, 15) is 18.9 Å². The van der Waals surface area contributed by atoms with Gasteiger partial charge >= 0.3 is 5.69 Å². The zero-order valence-electron chi connectivity index (χ0n) is 8.78. The molecule has 1 aromatic rings. The van der Waals surface area contributed by atoms with Crippen LogP contribution in [0.25, 0.3) is 0 Å². The topological polar surface area (TPSA) is 55.2 Å². The van der Waals surface area contributed by atoms with Crippen LogP contribution >= 0.6 is 11.9 Å². The van der Waals surface area contributed by atoms with E-state index in [-0.39, 0.29) is 0 Å². The number of hydrogen-bond donors (Lipinski definition) is 1. The minimum atomic E-state index is -0.869. The third kappa shape index (κ3) is 2.73. The van der Waals surface area contributed by atoms with Crippen LogP contribution in [0.4, 0.5) is 14.5 Å². The van der Waals surface area contributed by atoms with Crippen LogP contribution in [0.1, 0.15) is 12.8 Å². The van der Waals surface area contributed by atoms with Crippen molar-refractivity contribution < 1.29 is 13.7 Å². The van der Waals surface area contributed by atoms with Crippen molar-refractivity contribution >= 4 is 17.6 Å². The molecule has 7 heteroatoms. The monoisotopic (exact) mass is 260 g/mol. The lowest BCUT2D eigenvalue weighted by atomic mass is 10.3. The summed E-state index contributed by atoms with van der Waals surface area (Å²) in [7, 11) is 0. The fourth-order valence-electron chi connectivity index (χ4n) is 1.28. The van der Waals surface area contributed by atoms with Crippen molar-refractivity contribution in [3.63, 3.8) is 0 Å². The van der Waals surface area contributed by atoms with Gasteiger partial charge in [-0.15, -0.1) is 0 Å². The molecule has 1 saturated carbocycles. The predicted octanol–water partition coefficient (Wildman–Crippen LogP) is 2.83. The summed E-state index contributed by atoms with van der Waals surface area (Å²) >= 11 is 1.09. The first-order valence-electron chi connectivity index (χ1n) is 5.00. The van der Waals surface area contributed by atoms with E-state index in [0.29, 0.717) is 4.90 Å². The molecule has 1 aromatic carbocycles. The number of nitro groups is 1. The van der Waals surface area contributed by atoms with Gasteiger partial charge in [-0.3, -0.25) is 14.8 Å². The molecule has 2 rings (SSSR count). The maximum Gasteiger partial charge on any atom is 0.305 e. The van der Waals surface area contributed by atoms with Gasteiger partial charge in [-0.1, -0.05) is 0 Å². The average Bonchev–Trinajstić information content (AvgIpc) is 3.08. The molecule has 0 bridgehead atoms. The molecule has 1 aliphatic carbocycles. The molecule has 0 aromatic heterocycles. The van der Waals surface area contributed by atoms with Gasteiger partial charge in [0.25, 0.3) is 0 Å². The van der Waals surface area contributed by atoms with Gasteiger partial charge in [-0.2, -0.15) is 4.39 Å². The first-order valence-corrected chi connectivity index (χ1v) is 5.82. The van der Waals surface area contributed by atoms with E-state index in [4.69, 9.17) is 0 Å². The highest BCUT2D eigenvalue weighted by Gasteiger charge is 2.42. The average molecular weight is 260 g/mol. The molecule has 92 valence electrons. The van der Waals surface area contributed by atoms with E-state index in [1.54, 1.807) is 0 Å². The molecule has 0 radical (unpaired) electrons. The molecule has 1 N–H and O–H groups in total. The second-order valence-electron chi connectivity index (χ2n) is 3.99. The van der Waals surface area contributed by atoms with Gasteiger partial charge in [0.2, 0.25) is 5.82 Å². The third-order valence-corrected chi connectivity index (χ3v) is 3.63. The first kappa shape index (κ1) is 12.3. The number of nitro benzene ring substituents is 1. The molecule has 0 atom stereocenters. The SMILES string of the molecule is O=[N+]([O-])c1cc(SNC2(CF)CC2)ccc1F. The molecule has 4 nitrogen and oxygen atoms in total. The van der Waals surface area contributed by atoms with E-state index in [1.807, 2.05) is 0 Å². The Morgan fingerprint density at radius 2 is 2.24 bits per heavy atom. The predicted molar refractivity (Wildman–Crippen MR) is 60.0 cm³/mol. The lowest BCUT2D eigenvalue weighted by molar-refractivity contribution is -0.387. The summed E-state index contributed by atoms with van der Waals surface area (Å²) < 4.78 is 28.5. The van der Waals surface area contributed by atoms with Crippen LogP contribution in [-0.4, -0.2) is 17.1 Å². The lowest BCUT2D eigenvalue weighted by Crippen LogP contribution is -2.27. The van der Waals surface area contributed by atoms with Crippen LogP contribution < -0.4 is 4.72 Å². The Hall–Kier alpha value is -1.21. The maximum atomic E-state index is 13.0. The maximum absolute atomic E-state index is 13.0. The molecule has 0 unspecified atom stereocenters. The van der Waals surface area contributed by atoms with Crippen LogP contribution in [0.2, 0.25) is 0 Å². The Morgan fingerprint density at radius 1 is 1.53 bits per heavy atom. The van der Waals surface area contributed by atoms with Gasteiger partial charge in [0.1, 0.15) is 6.67 Å². The number of nitrogens with one attached hydrogen (secondary N) is 1. The molecule has 0 heterocycles. The third-order valence-electron chi connectivity index (χ3n) is 2.61. The van der Waals surface area contributed by atoms with Gasteiger partial charge in [0, 0.05) is 11.0 Å². The minimum Gasteiger partial charge on any atom is -0.258 e. The van der Waals surface area contributed by atoms with E-state index in [2.05, 4.69) is 4.72 Å². The second-order valence-corrected chi connectivity index (χ2v) is 4.87. The van der Waals surface area contributed by atoms with Crippen molar-refractivity contribution in [3.8, 4) is 0 Å². The van der Waals surface area contributed by atoms with Crippen molar-refractivity contribution in [1.29, 1.82) is 0 Å². The van der Waals surface area contributed by atoms with Crippen molar-refractivity contribution in [2.45, 2.75) is 23.3 Å². The quantitative estimate of drug-likeness (QED) is 0.502. The number of alkyl halides is 1. The largest absolute Gasteiger partial charge is 0.305 e. The summed E-state index contributed by atoms with van der Waals surface area (Å²) in [5.41, 5.74) is -1.06. The Balaban J connectivity index is 2.06. The minimum absolute atomic E-state index is 0.469. The van der Waals surface area contributed by atoms with E-state index in [1.165, 1.54) is 6.07 Å². The molecular formula is C10H10F2N2O2S. The number of hydrogen-bond acceptors (Lipinski definition) is 4. The van der Waals surface area contributed by atoms with Crippen LogP contribution in [0, 0.1) is 15.9 Å². The molecule has 0 amide bonds. The van der Waals surface area contributed by atoms with Crippen LogP contribution in [0.15, 0.2) is 23.1 Å².